The molecule has 0 fully saturated rings. The number of hydrogen-bond donors (Lipinski definition) is 2. The topological polar surface area (TPSA) is 75.6 Å². The van der Waals surface area contributed by atoms with Gasteiger partial charge in [-0.1, -0.05) is 12.1 Å². The molecule has 0 aliphatic heterocycles. The van der Waals surface area contributed by atoms with Crippen LogP contribution >= 0.6 is 0 Å². The lowest BCUT2D eigenvalue weighted by Crippen LogP contribution is -2.29. The second-order valence-corrected chi connectivity index (χ2v) is 2.95. The molecule has 0 aromatic heterocycles. The number of carboxylic acid groups (broad SMARTS) is 1. The molecule has 0 heterocycles. The SMILES string of the molecule is O=C(O)CNC(=O)OCc1ccc(F)cc1. The lowest BCUT2D eigenvalue weighted by Gasteiger charge is -2.05. The van der Waals surface area contributed by atoms with Crippen molar-refractivity contribution in [1.29, 1.82) is 0 Å². The third-order valence-corrected chi connectivity index (χ3v) is 1.67. The van der Waals surface area contributed by atoms with Crippen LogP contribution in [-0.2, 0) is 16.1 Å². The Morgan fingerprint density at radius 1 is 1.31 bits per heavy atom. The van der Waals surface area contributed by atoms with Crippen LogP contribution in [0.25, 0.3) is 0 Å². The van der Waals surface area contributed by atoms with Crippen molar-refractivity contribution in [2.45, 2.75) is 6.61 Å². The van der Waals surface area contributed by atoms with E-state index in [1.165, 1.54) is 24.3 Å². The van der Waals surface area contributed by atoms with Crippen molar-refractivity contribution >= 4 is 12.1 Å². The molecule has 2 N–H and O–H groups in total. The molecule has 0 aliphatic rings. The van der Waals surface area contributed by atoms with Gasteiger partial charge >= 0.3 is 12.1 Å². The molecule has 1 aromatic rings. The molecule has 0 radical (unpaired) electrons. The third-order valence-electron chi connectivity index (χ3n) is 1.67. The molecule has 1 rings (SSSR count). The van der Waals surface area contributed by atoms with Crippen LogP contribution in [0.4, 0.5) is 9.18 Å². The number of amides is 1. The van der Waals surface area contributed by atoms with Gasteiger partial charge in [-0.2, -0.15) is 0 Å². The molecule has 0 spiro atoms. The van der Waals surface area contributed by atoms with Gasteiger partial charge in [0.1, 0.15) is 19.0 Å². The second-order valence-electron chi connectivity index (χ2n) is 2.95. The van der Waals surface area contributed by atoms with Crippen LogP contribution in [0.1, 0.15) is 5.56 Å². The van der Waals surface area contributed by atoms with Gasteiger partial charge in [-0.05, 0) is 17.7 Å². The first-order valence-electron chi connectivity index (χ1n) is 4.45. The summed E-state index contributed by atoms with van der Waals surface area (Å²) in [5, 5.41) is 10.3. The maximum Gasteiger partial charge on any atom is 0.407 e. The van der Waals surface area contributed by atoms with E-state index in [9.17, 15) is 14.0 Å². The minimum Gasteiger partial charge on any atom is -0.480 e. The van der Waals surface area contributed by atoms with E-state index in [4.69, 9.17) is 5.11 Å². The molecule has 0 bridgehead atoms. The zero-order valence-corrected chi connectivity index (χ0v) is 8.27. The molecule has 0 saturated carbocycles. The molecule has 0 aliphatic carbocycles. The van der Waals surface area contributed by atoms with Gasteiger partial charge < -0.3 is 15.2 Å². The fourth-order valence-electron chi connectivity index (χ4n) is 0.928. The molecule has 0 unspecified atom stereocenters. The minimum atomic E-state index is -1.15. The number of carbonyl (C=O) groups is 2. The Morgan fingerprint density at radius 3 is 2.50 bits per heavy atom. The van der Waals surface area contributed by atoms with Gasteiger partial charge in [0.15, 0.2) is 0 Å². The van der Waals surface area contributed by atoms with Crippen LogP contribution < -0.4 is 5.32 Å². The Kier molecular flexibility index (Phi) is 4.26. The number of aliphatic carboxylic acids is 1. The molecule has 1 amide bonds. The number of halogens is 1. The summed E-state index contributed by atoms with van der Waals surface area (Å²) in [5.41, 5.74) is 0.617. The largest absolute Gasteiger partial charge is 0.480 e. The molecule has 6 heteroatoms. The first-order valence-corrected chi connectivity index (χ1v) is 4.45. The maximum atomic E-state index is 12.5. The van der Waals surface area contributed by atoms with Crippen LogP contribution in [0.3, 0.4) is 0 Å². The van der Waals surface area contributed by atoms with Gasteiger partial charge in [0.2, 0.25) is 0 Å². The van der Waals surface area contributed by atoms with Crippen molar-refractivity contribution in [3.63, 3.8) is 0 Å². The summed E-state index contributed by atoms with van der Waals surface area (Å²) in [4.78, 5) is 21.0. The van der Waals surface area contributed by atoms with Gasteiger partial charge in [-0.3, -0.25) is 4.79 Å². The first-order chi connectivity index (χ1) is 7.58. The number of nitrogens with one attached hydrogen (secondary N) is 1. The molecule has 16 heavy (non-hydrogen) atoms. The number of ether oxygens (including phenoxy) is 1. The van der Waals surface area contributed by atoms with E-state index in [1.54, 1.807) is 0 Å². The van der Waals surface area contributed by atoms with Gasteiger partial charge in [0.05, 0.1) is 0 Å². The highest BCUT2D eigenvalue weighted by Gasteiger charge is 2.04. The van der Waals surface area contributed by atoms with E-state index < -0.39 is 18.6 Å². The Labute approximate surface area is 90.8 Å². The van der Waals surface area contributed by atoms with E-state index >= 15 is 0 Å². The Morgan fingerprint density at radius 2 is 1.94 bits per heavy atom. The van der Waals surface area contributed by atoms with Gasteiger partial charge in [0.25, 0.3) is 0 Å². The van der Waals surface area contributed by atoms with Crippen molar-refractivity contribution < 1.29 is 23.8 Å². The summed E-state index contributed by atoms with van der Waals surface area (Å²) < 4.78 is 17.2. The van der Waals surface area contributed by atoms with Crippen molar-refractivity contribution in [2.24, 2.45) is 0 Å². The van der Waals surface area contributed by atoms with Crippen molar-refractivity contribution in [3.8, 4) is 0 Å². The quantitative estimate of drug-likeness (QED) is 0.808. The number of benzene rings is 1. The summed E-state index contributed by atoms with van der Waals surface area (Å²) in [7, 11) is 0. The Bertz CT molecular complexity index is 377. The first kappa shape index (κ1) is 12.0. The van der Waals surface area contributed by atoms with Crippen LogP contribution in [0, 0.1) is 5.82 Å². The third kappa shape index (κ3) is 4.41. The fraction of sp³-hybridized carbons (Fsp3) is 0.200. The zero-order chi connectivity index (χ0) is 12.0. The van der Waals surface area contributed by atoms with Crippen LogP contribution in [0.5, 0.6) is 0 Å². The molecule has 0 saturated heterocycles. The predicted octanol–water partition coefficient (Wildman–Crippen LogP) is 1.14. The Hall–Kier alpha value is -2.11. The summed E-state index contributed by atoms with van der Waals surface area (Å²) >= 11 is 0. The molecule has 86 valence electrons. The average Bonchev–Trinajstić information content (AvgIpc) is 2.25. The fourth-order valence-corrected chi connectivity index (χ4v) is 0.928. The maximum absolute atomic E-state index is 12.5. The van der Waals surface area contributed by atoms with E-state index in [2.05, 4.69) is 4.74 Å². The van der Waals surface area contributed by atoms with E-state index in [1.807, 2.05) is 5.32 Å². The lowest BCUT2D eigenvalue weighted by molar-refractivity contribution is -0.135. The molecule has 1 aromatic carbocycles. The number of alkyl carbamates (subject to hydrolysis) is 1. The highest BCUT2D eigenvalue weighted by Crippen LogP contribution is 2.03. The van der Waals surface area contributed by atoms with Gasteiger partial charge in [-0.15, -0.1) is 0 Å². The monoisotopic (exact) mass is 227 g/mol. The van der Waals surface area contributed by atoms with Gasteiger partial charge in [-0.25, -0.2) is 9.18 Å². The number of hydrogen-bond acceptors (Lipinski definition) is 3. The number of rotatable bonds is 4. The molecular formula is C10H10FNO4. The summed E-state index contributed by atoms with van der Waals surface area (Å²) in [6, 6.07) is 5.43. The van der Waals surface area contributed by atoms with E-state index in [0.29, 0.717) is 5.56 Å². The normalized spacial score (nSPS) is 9.56. The Balaban J connectivity index is 2.31. The predicted molar refractivity (Wildman–Crippen MR) is 52.2 cm³/mol. The van der Waals surface area contributed by atoms with Crippen LogP contribution in [-0.4, -0.2) is 23.7 Å². The van der Waals surface area contributed by atoms with Crippen molar-refractivity contribution in [3.05, 3.63) is 35.6 Å². The second kappa shape index (κ2) is 5.69. The smallest absolute Gasteiger partial charge is 0.407 e. The number of carbonyl (C=O) groups excluding carboxylic acids is 1. The molecule has 5 nitrogen and oxygen atoms in total. The minimum absolute atomic E-state index is 0.0360. The van der Waals surface area contributed by atoms with E-state index in [0.717, 1.165) is 0 Å². The van der Waals surface area contributed by atoms with Crippen molar-refractivity contribution in [1.82, 2.24) is 5.32 Å². The zero-order valence-electron chi connectivity index (χ0n) is 8.27. The summed E-state index contributed by atoms with van der Waals surface area (Å²) in [6.45, 7) is -0.534. The summed E-state index contributed by atoms with van der Waals surface area (Å²) in [5.74, 6) is -1.53. The molecule has 0 atom stereocenters. The van der Waals surface area contributed by atoms with Crippen LogP contribution in [0.15, 0.2) is 24.3 Å². The number of carboxylic acids is 1. The van der Waals surface area contributed by atoms with E-state index in [-0.39, 0.29) is 12.4 Å². The highest BCUT2D eigenvalue weighted by atomic mass is 19.1. The average molecular weight is 227 g/mol. The highest BCUT2D eigenvalue weighted by molar-refractivity contribution is 5.76. The standard InChI is InChI=1S/C10H10FNO4/c11-8-3-1-7(2-4-8)6-16-10(15)12-5-9(13)14/h1-4H,5-6H2,(H,12,15)(H,13,14). The lowest BCUT2D eigenvalue weighted by atomic mass is 10.2. The summed E-state index contributed by atoms with van der Waals surface area (Å²) in [6.07, 6.45) is -0.827. The van der Waals surface area contributed by atoms with Crippen molar-refractivity contribution in [2.75, 3.05) is 6.54 Å². The molecular weight excluding hydrogens is 217 g/mol. The van der Waals surface area contributed by atoms with Gasteiger partial charge in [0, 0.05) is 0 Å². The van der Waals surface area contributed by atoms with Crippen LogP contribution in [0.2, 0.25) is 0 Å².